The summed E-state index contributed by atoms with van der Waals surface area (Å²) in [5, 5.41) is 8.74. The normalized spacial score (nSPS) is 9.64. The lowest BCUT2D eigenvalue weighted by Crippen LogP contribution is -2.07. The quantitative estimate of drug-likeness (QED) is 0.262. The van der Waals surface area contributed by atoms with Crippen LogP contribution in [0.1, 0.15) is 30.1 Å². The van der Waals surface area contributed by atoms with E-state index in [0.29, 0.717) is 31.0 Å². The summed E-state index contributed by atoms with van der Waals surface area (Å²) in [5.74, 6) is -0.722. The highest BCUT2D eigenvalue weighted by Gasteiger charge is 2.03. The highest BCUT2D eigenvalue weighted by atomic mass is 79.9. The lowest BCUT2D eigenvalue weighted by molar-refractivity contribution is -0.139. The Hall–Kier alpha value is -2.80. The molecule has 2 rings (SSSR count). The van der Waals surface area contributed by atoms with Gasteiger partial charge < -0.3 is 20.3 Å². The maximum atomic E-state index is 11.1. The fourth-order valence-corrected chi connectivity index (χ4v) is 2.10. The zero-order valence-electron chi connectivity index (χ0n) is 15.7. The van der Waals surface area contributed by atoms with E-state index in [1.165, 1.54) is 12.1 Å². The number of nitrogen functional groups attached to an aromatic ring is 1. The number of anilines is 1. The van der Waals surface area contributed by atoms with Crippen LogP contribution in [-0.2, 0) is 9.53 Å². The Morgan fingerprint density at radius 1 is 1.04 bits per heavy atom. The van der Waals surface area contributed by atoms with Gasteiger partial charge in [0.2, 0.25) is 0 Å². The van der Waals surface area contributed by atoms with E-state index in [9.17, 15) is 9.59 Å². The molecule has 0 heterocycles. The predicted molar refractivity (Wildman–Crippen MR) is 112 cm³/mol. The highest BCUT2D eigenvalue weighted by molar-refractivity contribution is 9.10. The van der Waals surface area contributed by atoms with Crippen molar-refractivity contribution in [3.8, 4) is 5.75 Å². The van der Waals surface area contributed by atoms with Gasteiger partial charge in [-0.1, -0.05) is 22.5 Å². The number of carbonyl (C=O) groups is 2. The number of ether oxygens (including phenoxy) is 2. The van der Waals surface area contributed by atoms with Crippen molar-refractivity contribution in [2.75, 3.05) is 18.9 Å². The van der Waals surface area contributed by atoms with E-state index in [1.807, 2.05) is 24.3 Å². The van der Waals surface area contributed by atoms with E-state index in [4.69, 9.17) is 20.3 Å². The second-order valence-electron chi connectivity index (χ2n) is 5.85. The smallest absolute Gasteiger partial charge is 0.335 e. The number of rotatable bonds is 8. The van der Waals surface area contributed by atoms with Crippen LogP contribution in [-0.4, -0.2) is 30.3 Å². The van der Waals surface area contributed by atoms with Crippen LogP contribution >= 0.6 is 15.9 Å². The van der Waals surface area contributed by atoms with E-state index in [1.54, 1.807) is 19.1 Å². The van der Waals surface area contributed by atoms with Gasteiger partial charge >= 0.3 is 11.9 Å². The molecule has 0 amide bonds. The zero-order valence-corrected chi connectivity index (χ0v) is 17.3. The summed E-state index contributed by atoms with van der Waals surface area (Å²) in [6, 6.07) is 13.7. The van der Waals surface area contributed by atoms with E-state index in [0.717, 1.165) is 16.6 Å². The molecular weight excluding hydrogens is 426 g/mol. The standard InChI is InChI=1S/C15H18O5.C6H6BrN/c1-11(2)15(18)20-10-4-3-9-19-13-7-5-12(6-8-13)14(16)17;7-5-1-3-6(8)4-2-5/h5-8H,1,3-4,9-10H2,2H3,(H,16,17);1-4H,8H2. The van der Waals surface area contributed by atoms with Crippen molar-refractivity contribution in [2.45, 2.75) is 19.8 Å². The number of benzene rings is 2. The fraction of sp³-hybridized carbons (Fsp3) is 0.238. The lowest BCUT2D eigenvalue weighted by atomic mass is 10.2. The summed E-state index contributed by atoms with van der Waals surface area (Å²) in [4.78, 5) is 21.7. The average molecular weight is 450 g/mol. The van der Waals surface area contributed by atoms with Gasteiger partial charge in [-0.15, -0.1) is 0 Å². The lowest BCUT2D eigenvalue weighted by Gasteiger charge is -2.07. The van der Waals surface area contributed by atoms with Gasteiger partial charge in [-0.25, -0.2) is 9.59 Å². The number of halogens is 1. The molecule has 0 bridgehead atoms. The molecule has 150 valence electrons. The van der Waals surface area contributed by atoms with E-state index in [2.05, 4.69) is 22.5 Å². The molecule has 0 saturated carbocycles. The molecule has 0 fully saturated rings. The van der Waals surface area contributed by atoms with Crippen molar-refractivity contribution in [1.82, 2.24) is 0 Å². The van der Waals surface area contributed by atoms with Gasteiger partial charge in [0.15, 0.2) is 0 Å². The summed E-state index contributed by atoms with van der Waals surface area (Å²) in [5.41, 5.74) is 6.82. The highest BCUT2D eigenvalue weighted by Crippen LogP contribution is 2.13. The molecule has 0 aliphatic rings. The minimum Gasteiger partial charge on any atom is -0.494 e. The predicted octanol–water partition coefficient (Wildman–Crippen LogP) is 4.69. The molecular formula is C21H24BrNO5. The number of hydrogen-bond donors (Lipinski definition) is 2. The number of aromatic carboxylic acids is 1. The summed E-state index contributed by atoms with van der Waals surface area (Å²) in [7, 11) is 0. The Labute approximate surface area is 173 Å². The van der Waals surface area contributed by atoms with Crippen molar-refractivity contribution in [1.29, 1.82) is 0 Å². The number of carbonyl (C=O) groups excluding carboxylic acids is 1. The minimum atomic E-state index is -0.962. The third-order valence-corrected chi connectivity index (χ3v) is 3.89. The molecule has 0 aliphatic carbocycles. The first-order valence-corrected chi connectivity index (χ1v) is 9.38. The van der Waals surface area contributed by atoms with Crippen molar-refractivity contribution < 1.29 is 24.2 Å². The van der Waals surface area contributed by atoms with Crippen molar-refractivity contribution >= 4 is 33.6 Å². The summed E-state index contributed by atoms with van der Waals surface area (Å²) >= 11 is 3.29. The third kappa shape index (κ3) is 9.78. The molecule has 0 radical (unpaired) electrons. The van der Waals surface area contributed by atoms with Gasteiger partial charge in [0.25, 0.3) is 0 Å². The second kappa shape index (κ2) is 12.6. The maximum absolute atomic E-state index is 11.1. The zero-order chi connectivity index (χ0) is 20.9. The topological polar surface area (TPSA) is 98.8 Å². The Bertz CT molecular complexity index is 751. The van der Waals surface area contributed by atoms with Gasteiger partial charge in [0.1, 0.15) is 5.75 Å². The Morgan fingerprint density at radius 2 is 1.61 bits per heavy atom. The molecule has 0 unspecified atom stereocenters. The molecule has 28 heavy (non-hydrogen) atoms. The van der Waals surface area contributed by atoms with Crippen molar-refractivity contribution in [3.63, 3.8) is 0 Å². The van der Waals surface area contributed by atoms with Crippen LogP contribution in [0.2, 0.25) is 0 Å². The average Bonchev–Trinajstić information content (AvgIpc) is 2.67. The largest absolute Gasteiger partial charge is 0.494 e. The molecule has 0 aromatic heterocycles. The van der Waals surface area contributed by atoms with E-state index >= 15 is 0 Å². The van der Waals surface area contributed by atoms with Gasteiger partial charge in [-0.05, 0) is 68.3 Å². The summed E-state index contributed by atoms with van der Waals surface area (Å²) in [6.45, 7) is 5.92. The fourth-order valence-electron chi connectivity index (χ4n) is 1.84. The van der Waals surface area contributed by atoms with Crippen molar-refractivity contribution in [2.24, 2.45) is 0 Å². The van der Waals surface area contributed by atoms with Gasteiger partial charge in [-0.3, -0.25) is 0 Å². The molecule has 2 aromatic rings. The SMILES string of the molecule is C=C(C)C(=O)OCCCCOc1ccc(C(=O)O)cc1.Nc1ccc(Br)cc1. The first-order chi connectivity index (χ1) is 13.3. The van der Waals surface area contributed by atoms with E-state index < -0.39 is 5.97 Å². The Morgan fingerprint density at radius 3 is 2.11 bits per heavy atom. The number of nitrogens with two attached hydrogens (primary N) is 1. The first-order valence-electron chi connectivity index (χ1n) is 8.59. The van der Waals surface area contributed by atoms with Crippen LogP contribution in [0.15, 0.2) is 65.2 Å². The number of esters is 1. The van der Waals surface area contributed by atoms with Crippen LogP contribution < -0.4 is 10.5 Å². The number of unbranched alkanes of at least 4 members (excludes halogenated alkanes) is 1. The summed E-state index contributed by atoms with van der Waals surface area (Å²) in [6.07, 6.45) is 1.44. The van der Waals surface area contributed by atoms with E-state index in [-0.39, 0.29) is 11.5 Å². The molecule has 0 aliphatic heterocycles. The molecule has 0 atom stereocenters. The molecule has 2 aromatic carbocycles. The van der Waals surface area contributed by atoms with Crippen molar-refractivity contribution in [3.05, 3.63) is 70.7 Å². The van der Waals surface area contributed by atoms with Gasteiger partial charge in [0.05, 0.1) is 18.8 Å². The molecule has 0 saturated heterocycles. The molecule has 0 spiro atoms. The maximum Gasteiger partial charge on any atom is 0.335 e. The number of carboxylic acids is 1. The second-order valence-corrected chi connectivity index (χ2v) is 6.77. The van der Waals surface area contributed by atoms with Crippen LogP contribution in [0.3, 0.4) is 0 Å². The number of carboxylic acid groups (broad SMARTS) is 1. The van der Waals surface area contributed by atoms with Gasteiger partial charge in [-0.2, -0.15) is 0 Å². The minimum absolute atomic E-state index is 0.226. The Balaban J connectivity index is 0.000000406. The monoisotopic (exact) mass is 449 g/mol. The number of hydrogen-bond acceptors (Lipinski definition) is 5. The molecule has 3 N–H and O–H groups in total. The van der Waals surface area contributed by atoms with Crippen LogP contribution in [0.25, 0.3) is 0 Å². The third-order valence-electron chi connectivity index (χ3n) is 3.36. The van der Waals surface area contributed by atoms with Crippen LogP contribution in [0.5, 0.6) is 5.75 Å². The first kappa shape index (κ1) is 23.2. The van der Waals surface area contributed by atoms with Crippen LogP contribution in [0, 0.1) is 0 Å². The summed E-state index contributed by atoms with van der Waals surface area (Å²) < 4.78 is 11.4. The molecule has 6 nitrogen and oxygen atoms in total. The van der Waals surface area contributed by atoms with Crippen LogP contribution in [0.4, 0.5) is 5.69 Å². The molecule has 7 heteroatoms. The Kier molecular flexibility index (Phi) is 10.4. The van der Waals surface area contributed by atoms with Gasteiger partial charge in [0, 0.05) is 15.7 Å².